The molecule has 2 amide bonds. The number of amides is 2. The van der Waals surface area contributed by atoms with Crippen LogP contribution in [0.4, 0.5) is 5.69 Å². The number of rotatable bonds is 5. The molecule has 1 aromatic rings. The van der Waals surface area contributed by atoms with Crippen LogP contribution in [0.3, 0.4) is 0 Å². The van der Waals surface area contributed by atoms with Crippen molar-refractivity contribution in [1.29, 1.82) is 0 Å². The van der Waals surface area contributed by atoms with E-state index in [0.29, 0.717) is 12.8 Å². The summed E-state index contributed by atoms with van der Waals surface area (Å²) in [7, 11) is 0. The van der Waals surface area contributed by atoms with Gasteiger partial charge in [0.25, 0.3) is 0 Å². The Labute approximate surface area is 185 Å². The quantitative estimate of drug-likeness (QED) is 0.709. The zero-order chi connectivity index (χ0) is 20.8. The van der Waals surface area contributed by atoms with E-state index in [4.69, 9.17) is 0 Å². The van der Waals surface area contributed by atoms with E-state index in [0.717, 1.165) is 61.4 Å². The Hall–Kier alpha value is -1.53. The molecular formula is C24H35N3O2S. The molecule has 0 spiro atoms. The van der Waals surface area contributed by atoms with E-state index < -0.39 is 0 Å². The van der Waals surface area contributed by atoms with Gasteiger partial charge < -0.3 is 14.7 Å². The van der Waals surface area contributed by atoms with Crippen molar-refractivity contribution in [3.8, 4) is 0 Å². The van der Waals surface area contributed by atoms with Gasteiger partial charge in [0.05, 0.1) is 5.69 Å². The van der Waals surface area contributed by atoms with E-state index >= 15 is 0 Å². The number of anilines is 1. The number of para-hydroxylation sites is 1. The van der Waals surface area contributed by atoms with E-state index in [1.807, 2.05) is 28.0 Å². The summed E-state index contributed by atoms with van der Waals surface area (Å²) in [6.45, 7) is 5.65. The third kappa shape index (κ3) is 5.58. The lowest BCUT2D eigenvalue weighted by Gasteiger charge is -2.29. The lowest BCUT2D eigenvalue weighted by atomic mass is 9.89. The van der Waals surface area contributed by atoms with Crippen molar-refractivity contribution in [1.82, 2.24) is 9.80 Å². The van der Waals surface area contributed by atoms with E-state index in [-0.39, 0.29) is 11.8 Å². The lowest BCUT2D eigenvalue weighted by Crippen LogP contribution is -2.38. The molecule has 2 aliphatic heterocycles. The summed E-state index contributed by atoms with van der Waals surface area (Å²) in [5.41, 5.74) is 0.999. The first-order valence-corrected chi connectivity index (χ1v) is 12.7. The second-order valence-electron chi connectivity index (χ2n) is 8.90. The Morgan fingerprint density at radius 3 is 2.53 bits per heavy atom. The highest BCUT2D eigenvalue weighted by Crippen LogP contribution is 2.34. The number of thioether (sulfide) groups is 1. The highest BCUT2D eigenvalue weighted by molar-refractivity contribution is 7.99. The van der Waals surface area contributed by atoms with Gasteiger partial charge in [-0.1, -0.05) is 31.4 Å². The molecule has 3 aliphatic rings. The van der Waals surface area contributed by atoms with Gasteiger partial charge in [0.15, 0.2) is 0 Å². The minimum Gasteiger partial charge on any atom is -0.341 e. The Bertz CT molecular complexity index is 735. The van der Waals surface area contributed by atoms with E-state index in [9.17, 15) is 9.59 Å². The van der Waals surface area contributed by atoms with Crippen molar-refractivity contribution in [2.24, 2.45) is 5.92 Å². The zero-order valence-electron chi connectivity index (χ0n) is 18.1. The Morgan fingerprint density at radius 2 is 1.67 bits per heavy atom. The smallest absolute Gasteiger partial charge is 0.227 e. The topological polar surface area (TPSA) is 43.9 Å². The van der Waals surface area contributed by atoms with Crippen molar-refractivity contribution in [3.63, 3.8) is 0 Å². The number of carbonyl (C=O) groups is 2. The van der Waals surface area contributed by atoms with Gasteiger partial charge in [0.1, 0.15) is 0 Å². The van der Waals surface area contributed by atoms with Crippen LogP contribution >= 0.6 is 11.8 Å². The number of nitrogens with zero attached hydrogens (tertiary/aromatic N) is 3. The molecule has 30 heavy (non-hydrogen) atoms. The van der Waals surface area contributed by atoms with Gasteiger partial charge in [-0.05, 0) is 43.9 Å². The van der Waals surface area contributed by atoms with Crippen LogP contribution in [0.1, 0.15) is 51.4 Å². The minimum absolute atomic E-state index is 0.0739. The van der Waals surface area contributed by atoms with Crippen molar-refractivity contribution in [2.75, 3.05) is 49.9 Å². The van der Waals surface area contributed by atoms with Crippen molar-refractivity contribution in [3.05, 3.63) is 24.3 Å². The van der Waals surface area contributed by atoms with Gasteiger partial charge in [-0.3, -0.25) is 9.59 Å². The zero-order valence-corrected chi connectivity index (χ0v) is 18.9. The van der Waals surface area contributed by atoms with E-state index in [1.165, 1.54) is 38.6 Å². The van der Waals surface area contributed by atoms with Crippen LogP contribution in [0.5, 0.6) is 0 Å². The van der Waals surface area contributed by atoms with E-state index in [1.54, 1.807) is 11.8 Å². The third-order valence-corrected chi connectivity index (χ3v) is 7.81. The molecule has 2 heterocycles. The van der Waals surface area contributed by atoms with Crippen LogP contribution in [0.2, 0.25) is 0 Å². The number of hydrogen-bond acceptors (Lipinski definition) is 4. The summed E-state index contributed by atoms with van der Waals surface area (Å²) in [5.74, 6) is 1.98. The predicted molar refractivity (Wildman–Crippen MR) is 123 cm³/mol. The molecule has 0 N–H and O–H groups in total. The monoisotopic (exact) mass is 429 g/mol. The van der Waals surface area contributed by atoms with E-state index in [2.05, 4.69) is 11.0 Å². The fourth-order valence-corrected chi connectivity index (χ4v) is 6.07. The average molecular weight is 430 g/mol. The van der Waals surface area contributed by atoms with Gasteiger partial charge in [-0.15, -0.1) is 11.8 Å². The molecule has 0 unspecified atom stereocenters. The molecule has 5 nitrogen and oxygen atoms in total. The second-order valence-corrected chi connectivity index (χ2v) is 10.0. The summed E-state index contributed by atoms with van der Waals surface area (Å²) < 4.78 is 0. The fourth-order valence-electron chi connectivity index (χ4n) is 5.07. The molecule has 0 aromatic heterocycles. The SMILES string of the molecule is O=C(CCC(=O)N1CCSc2ccccc21)N1CCCN(CC2CCCCC2)CC1. The predicted octanol–water partition coefficient (Wildman–Crippen LogP) is 4.02. The normalized spacial score (nSPS) is 21.2. The van der Waals surface area contributed by atoms with Crippen LogP contribution in [0.25, 0.3) is 0 Å². The molecule has 6 heteroatoms. The molecule has 1 saturated carbocycles. The largest absolute Gasteiger partial charge is 0.341 e. The highest BCUT2D eigenvalue weighted by Gasteiger charge is 2.25. The van der Waals surface area contributed by atoms with Crippen LogP contribution in [0.15, 0.2) is 29.2 Å². The molecule has 4 rings (SSSR count). The molecule has 2 fully saturated rings. The average Bonchev–Trinajstić information content (AvgIpc) is 3.03. The van der Waals surface area contributed by atoms with Gasteiger partial charge in [-0.2, -0.15) is 0 Å². The number of fused-ring (bicyclic) bond motifs is 1. The number of carbonyl (C=O) groups excluding carboxylic acids is 2. The minimum atomic E-state index is 0.0739. The van der Waals surface area contributed by atoms with Gasteiger partial charge >= 0.3 is 0 Å². The van der Waals surface area contributed by atoms with Crippen molar-refractivity contribution in [2.45, 2.75) is 56.3 Å². The summed E-state index contributed by atoms with van der Waals surface area (Å²) in [5, 5.41) is 0. The number of benzene rings is 1. The Balaban J connectivity index is 1.24. The standard InChI is InChI=1S/C24H35N3O2S/c28-23(11-12-24(29)27-17-18-30-22-10-5-4-9-21(22)27)26-14-6-13-25(15-16-26)19-20-7-2-1-3-8-20/h4-5,9-10,20H,1-3,6-8,11-19H2. The lowest BCUT2D eigenvalue weighted by molar-refractivity contribution is -0.133. The highest BCUT2D eigenvalue weighted by atomic mass is 32.2. The summed E-state index contributed by atoms with van der Waals surface area (Å²) >= 11 is 1.80. The number of hydrogen-bond donors (Lipinski definition) is 0. The first-order chi connectivity index (χ1) is 14.7. The first kappa shape index (κ1) is 21.7. The molecule has 1 aromatic carbocycles. The summed E-state index contributed by atoms with van der Waals surface area (Å²) in [6, 6.07) is 8.07. The summed E-state index contributed by atoms with van der Waals surface area (Å²) in [6.07, 6.45) is 8.60. The van der Waals surface area contributed by atoms with Crippen molar-refractivity contribution < 1.29 is 9.59 Å². The molecule has 1 aliphatic carbocycles. The maximum absolute atomic E-state index is 12.8. The maximum atomic E-state index is 12.8. The van der Waals surface area contributed by atoms with Gasteiger partial charge in [0, 0.05) is 56.2 Å². The Morgan fingerprint density at radius 1 is 0.867 bits per heavy atom. The van der Waals surface area contributed by atoms with Gasteiger partial charge in [-0.25, -0.2) is 0 Å². The van der Waals surface area contributed by atoms with Crippen LogP contribution in [-0.2, 0) is 9.59 Å². The van der Waals surface area contributed by atoms with Crippen LogP contribution in [-0.4, -0.2) is 66.6 Å². The Kier molecular flexibility index (Phi) is 7.72. The first-order valence-electron chi connectivity index (χ1n) is 11.7. The second kappa shape index (κ2) is 10.7. The fraction of sp³-hybridized carbons (Fsp3) is 0.667. The molecule has 0 radical (unpaired) electrons. The molecule has 0 atom stereocenters. The molecule has 164 valence electrons. The molecule has 0 bridgehead atoms. The van der Waals surface area contributed by atoms with Crippen LogP contribution < -0.4 is 4.90 Å². The molecule has 1 saturated heterocycles. The third-order valence-electron chi connectivity index (χ3n) is 6.76. The molecular weight excluding hydrogens is 394 g/mol. The van der Waals surface area contributed by atoms with Crippen LogP contribution in [0, 0.1) is 5.92 Å². The summed E-state index contributed by atoms with van der Waals surface area (Å²) in [4.78, 5) is 33.2. The van der Waals surface area contributed by atoms with Gasteiger partial charge in [0.2, 0.25) is 11.8 Å². The maximum Gasteiger partial charge on any atom is 0.227 e. The van der Waals surface area contributed by atoms with Crippen molar-refractivity contribution >= 4 is 29.3 Å².